The number of hydrogen-bond donors (Lipinski definition) is 0. The van der Waals surface area contributed by atoms with Crippen LogP contribution in [0.1, 0.15) is 0 Å². The van der Waals surface area contributed by atoms with Crippen LogP contribution in [0.25, 0.3) is 143 Å². The molecule has 72 heavy (non-hydrogen) atoms. The van der Waals surface area contributed by atoms with Gasteiger partial charge in [0.2, 0.25) is 0 Å². The van der Waals surface area contributed by atoms with Crippen molar-refractivity contribution in [2.45, 2.75) is 0 Å². The van der Waals surface area contributed by atoms with Crippen LogP contribution in [0, 0.1) is 0 Å². The summed E-state index contributed by atoms with van der Waals surface area (Å²) in [6, 6.07) is 89.5. The summed E-state index contributed by atoms with van der Waals surface area (Å²) in [4.78, 5) is 16.5. The van der Waals surface area contributed by atoms with E-state index >= 15 is 0 Å². The molecule has 0 bridgehead atoms. The van der Waals surface area contributed by atoms with Gasteiger partial charge in [0, 0.05) is 60.3 Å². The van der Waals surface area contributed by atoms with E-state index in [1.807, 2.05) is 18.2 Å². The zero-order chi connectivity index (χ0) is 47.3. The molecule has 5 heteroatoms. The first-order valence-corrected chi connectivity index (χ1v) is 24.5. The summed E-state index contributed by atoms with van der Waals surface area (Å²) in [6.07, 6.45) is 0. The molecule has 334 valence electrons. The summed E-state index contributed by atoms with van der Waals surface area (Å²) in [6.45, 7) is 0. The summed E-state index contributed by atoms with van der Waals surface area (Å²) < 4.78 is 4.90. The second-order valence-electron chi connectivity index (χ2n) is 18.7. The monoisotopic (exact) mass is 915 g/mol. The Hall–Kier alpha value is -9.71. The Morgan fingerprint density at radius 1 is 0.250 bits per heavy atom. The van der Waals surface area contributed by atoms with Gasteiger partial charge in [0.1, 0.15) is 0 Å². The molecule has 0 N–H and O–H groups in total. The van der Waals surface area contributed by atoms with Crippen molar-refractivity contribution in [1.29, 1.82) is 0 Å². The van der Waals surface area contributed by atoms with Gasteiger partial charge in [0.15, 0.2) is 17.5 Å². The summed E-state index contributed by atoms with van der Waals surface area (Å²) in [5, 5.41) is 14.0. The lowest BCUT2D eigenvalue weighted by Gasteiger charge is -2.21. The Morgan fingerprint density at radius 3 is 1.61 bits per heavy atom. The predicted molar refractivity (Wildman–Crippen MR) is 300 cm³/mol. The smallest absolute Gasteiger partial charge is 0.166 e. The minimum absolute atomic E-state index is 0.599. The molecule has 15 rings (SSSR count). The van der Waals surface area contributed by atoms with Gasteiger partial charge in [-0.15, -0.1) is 0 Å². The third-order valence-corrected chi connectivity index (χ3v) is 14.7. The van der Waals surface area contributed by atoms with Crippen molar-refractivity contribution in [2.24, 2.45) is 0 Å². The summed E-state index contributed by atoms with van der Waals surface area (Å²) in [7, 11) is 0. The van der Waals surface area contributed by atoms with E-state index in [0.717, 1.165) is 71.9 Å². The van der Waals surface area contributed by atoms with Crippen molar-refractivity contribution < 1.29 is 0 Å². The zero-order valence-corrected chi connectivity index (χ0v) is 38.9. The van der Waals surface area contributed by atoms with Crippen LogP contribution in [0.5, 0.6) is 0 Å². The number of nitrogens with zero attached hydrogens (tertiary/aromatic N) is 5. The lowest BCUT2D eigenvalue weighted by atomic mass is 9.92. The molecule has 0 saturated heterocycles. The average Bonchev–Trinajstić information content (AvgIpc) is 3.96. The molecule has 0 atom stereocenters. The first kappa shape index (κ1) is 40.2. The quantitative estimate of drug-likeness (QED) is 0.167. The van der Waals surface area contributed by atoms with Crippen molar-refractivity contribution in [3.8, 4) is 56.7 Å². The topological polar surface area (TPSA) is 48.5 Å². The Labute approximate surface area is 414 Å². The molecule has 12 aromatic carbocycles. The highest BCUT2D eigenvalue weighted by Gasteiger charge is 2.25. The van der Waals surface area contributed by atoms with Gasteiger partial charge in [-0.25, -0.2) is 15.0 Å². The molecule has 0 spiro atoms. The second-order valence-corrected chi connectivity index (χ2v) is 18.7. The molecule has 15 aromatic rings. The SMILES string of the molecule is c1ccc(-c2nc(-c3cc(-c4ccc5ccccc5c4)c(-n4c5cc6ccccc6cc5c5ccc6ccccc6c54)c4ccccc34)nc(-c3cccc4c5ccccc5n(-c5ccccc5)c34)n2)cc1. The molecule has 0 aliphatic carbocycles. The molecule has 0 aliphatic rings. The summed E-state index contributed by atoms with van der Waals surface area (Å²) >= 11 is 0. The Kier molecular flexibility index (Phi) is 8.89. The van der Waals surface area contributed by atoms with Crippen molar-refractivity contribution in [2.75, 3.05) is 0 Å². The van der Waals surface area contributed by atoms with Crippen LogP contribution in [-0.2, 0) is 0 Å². The molecule has 0 amide bonds. The van der Waals surface area contributed by atoms with E-state index in [2.05, 4.69) is 240 Å². The van der Waals surface area contributed by atoms with Crippen molar-refractivity contribution in [3.05, 3.63) is 249 Å². The molecule has 0 fully saturated rings. The molecular weight excluding hydrogens is 875 g/mol. The van der Waals surface area contributed by atoms with E-state index in [0.29, 0.717) is 17.5 Å². The fourth-order valence-corrected chi connectivity index (χ4v) is 11.4. The van der Waals surface area contributed by atoms with E-state index in [4.69, 9.17) is 15.0 Å². The zero-order valence-electron chi connectivity index (χ0n) is 38.9. The van der Waals surface area contributed by atoms with E-state index in [9.17, 15) is 0 Å². The summed E-state index contributed by atoms with van der Waals surface area (Å²) in [5.41, 5.74) is 11.6. The molecule has 5 nitrogen and oxygen atoms in total. The third kappa shape index (κ3) is 6.17. The fourth-order valence-electron chi connectivity index (χ4n) is 11.4. The van der Waals surface area contributed by atoms with E-state index in [1.165, 1.54) is 54.0 Å². The highest BCUT2D eigenvalue weighted by atomic mass is 15.1. The number of benzene rings is 12. The second kappa shape index (κ2) is 15.9. The van der Waals surface area contributed by atoms with Gasteiger partial charge in [-0.05, 0) is 86.4 Å². The first-order valence-electron chi connectivity index (χ1n) is 24.5. The van der Waals surface area contributed by atoms with Crippen LogP contribution in [0.4, 0.5) is 0 Å². The maximum absolute atomic E-state index is 5.61. The van der Waals surface area contributed by atoms with Gasteiger partial charge in [-0.1, -0.05) is 200 Å². The van der Waals surface area contributed by atoms with Crippen LogP contribution in [0.2, 0.25) is 0 Å². The maximum Gasteiger partial charge on any atom is 0.166 e. The first-order chi connectivity index (χ1) is 35.7. The predicted octanol–water partition coefficient (Wildman–Crippen LogP) is 17.3. The third-order valence-electron chi connectivity index (χ3n) is 14.7. The van der Waals surface area contributed by atoms with Crippen LogP contribution >= 0.6 is 0 Å². The van der Waals surface area contributed by atoms with Gasteiger partial charge < -0.3 is 9.13 Å². The Balaban J connectivity index is 1.08. The van der Waals surface area contributed by atoms with Crippen LogP contribution in [0.3, 0.4) is 0 Å². The number of para-hydroxylation sites is 3. The number of aromatic nitrogens is 5. The van der Waals surface area contributed by atoms with E-state index in [-0.39, 0.29) is 0 Å². The van der Waals surface area contributed by atoms with Crippen LogP contribution in [0.15, 0.2) is 249 Å². The Morgan fingerprint density at radius 2 is 0.819 bits per heavy atom. The van der Waals surface area contributed by atoms with E-state index < -0.39 is 0 Å². The van der Waals surface area contributed by atoms with Gasteiger partial charge in [-0.3, -0.25) is 0 Å². The van der Waals surface area contributed by atoms with Gasteiger partial charge in [0.05, 0.1) is 27.8 Å². The number of fused-ring (bicyclic) bond motifs is 11. The van der Waals surface area contributed by atoms with Gasteiger partial charge in [-0.2, -0.15) is 0 Å². The van der Waals surface area contributed by atoms with Gasteiger partial charge in [0.25, 0.3) is 0 Å². The lowest BCUT2D eigenvalue weighted by molar-refractivity contribution is 1.07. The lowest BCUT2D eigenvalue weighted by Crippen LogP contribution is -2.04. The number of hydrogen-bond acceptors (Lipinski definition) is 3. The maximum atomic E-state index is 5.61. The molecule has 0 saturated carbocycles. The van der Waals surface area contributed by atoms with Crippen LogP contribution in [-0.4, -0.2) is 24.1 Å². The van der Waals surface area contributed by atoms with Crippen molar-refractivity contribution in [1.82, 2.24) is 24.1 Å². The standard InChI is InChI=1S/C67H41N5/c1-3-20-44(21-4-1)65-68-66(56-32-17-31-54-52-29-15-16-33-60(52)71(63(54)56)49-25-5-2-6-26-49)70-67(69-65)59-41-57(48-35-34-42-18-7-8-22-45(42)38-48)64(53-30-14-13-28-51(53)59)72-61-40-47-24-10-9-23-46(47)39-58(61)55-37-36-43-19-11-12-27-50(43)62(55)72/h1-41H. The molecule has 0 radical (unpaired) electrons. The fraction of sp³-hybridized carbons (Fsp3) is 0. The molecule has 3 heterocycles. The van der Waals surface area contributed by atoms with Gasteiger partial charge >= 0.3 is 0 Å². The highest BCUT2D eigenvalue weighted by molar-refractivity contribution is 6.22. The van der Waals surface area contributed by atoms with Crippen molar-refractivity contribution in [3.63, 3.8) is 0 Å². The molecule has 0 unspecified atom stereocenters. The minimum Gasteiger partial charge on any atom is -0.309 e. The minimum atomic E-state index is 0.599. The van der Waals surface area contributed by atoms with E-state index in [1.54, 1.807) is 0 Å². The number of rotatable bonds is 6. The largest absolute Gasteiger partial charge is 0.309 e. The molecule has 3 aromatic heterocycles. The van der Waals surface area contributed by atoms with Crippen LogP contribution < -0.4 is 0 Å². The van der Waals surface area contributed by atoms with Crippen molar-refractivity contribution >= 4 is 86.7 Å². The molecule has 0 aliphatic heterocycles. The Bertz CT molecular complexity index is 4680. The molecular formula is C67H41N5. The average molecular weight is 916 g/mol. The highest BCUT2D eigenvalue weighted by Crippen LogP contribution is 2.47. The normalized spacial score (nSPS) is 11.9. The summed E-state index contributed by atoms with van der Waals surface area (Å²) in [5.74, 6) is 1.81.